The van der Waals surface area contributed by atoms with Gasteiger partial charge in [0, 0.05) is 23.5 Å². The first-order valence-corrected chi connectivity index (χ1v) is 9.94. The van der Waals surface area contributed by atoms with E-state index in [0.29, 0.717) is 11.4 Å². The number of halogens is 1. The number of nitrogens with zero attached hydrogens (tertiary/aromatic N) is 4. The average Bonchev–Trinajstić information content (AvgIpc) is 3.17. The molecule has 0 saturated heterocycles. The third-order valence-corrected chi connectivity index (χ3v) is 5.71. The summed E-state index contributed by atoms with van der Waals surface area (Å²) in [4.78, 5) is 14.2. The number of pyridine rings is 2. The Labute approximate surface area is 178 Å². The van der Waals surface area contributed by atoms with Gasteiger partial charge in [0.15, 0.2) is 0 Å². The van der Waals surface area contributed by atoms with Crippen LogP contribution in [0.2, 0.25) is 0 Å². The summed E-state index contributed by atoms with van der Waals surface area (Å²) in [7, 11) is 0. The number of hydrogen-bond donors (Lipinski definition) is 1. The Morgan fingerprint density at radius 2 is 1.81 bits per heavy atom. The fourth-order valence-electron chi connectivity index (χ4n) is 4.16. The summed E-state index contributed by atoms with van der Waals surface area (Å²) >= 11 is 0. The molecule has 5 rings (SSSR count). The molecule has 1 aliphatic rings. The third kappa shape index (κ3) is 3.11. The molecule has 0 spiro atoms. The highest BCUT2D eigenvalue weighted by Gasteiger charge is 2.45. The summed E-state index contributed by atoms with van der Waals surface area (Å²) in [5.41, 5.74) is 3.82. The molecule has 0 unspecified atom stereocenters. The monoisotopic (exact) mass is 407 g/mol. The summed E-state index contributed by atoms with van der Waals surface area (Å²) in [5.74, 6) is 0.372. The fraction of sp³-hybridized carbons (Fsp3) is 0.120. The summed E-state index contributed by atoms with van der Waals surface area (Å²) in [6.45, 7) is 2.04. The Balaban J connectivity index is 1.74. The molecule has 0 fully saturated rings. The highest BCUT2D eigenvalue weighted by atomic mass is 19.1. The van der Waals surface area contributed by atoms with E-state index in [0.717, 1.165) is 27.7 Å². The molecule has 2 atom stereocenters. The third-order valence-electron chi connectivity index (χ3n) is 5.71. The van der Waals surface area contributed by atoms with Crippen LogP contribution < -0.4 is 5.32 Å². The molecule has 3 heterocycles. The van der Waals surface area contributed by atoms with Crippen LogP contribution in [0.1, 0.15) is 29.2 Å². The summed E-state index contributed by atoms with van der Waals surface area (Å²) < 4.78 is 13.7. The Bertz CT molecular complexity index is 1360. The fourth-order valence-corrected chi connectivity index (χ4v) is 4.16. The lowest BCUT2D eigenvalue weighted by atomic mass is 9.79. The van der Waals surface area contributed by atoms with Crippen LogP contribution in [0.25, 0.3) is 11.0 Å². The molecule has 6 heteroatoms. The van der Waals surface area contributed by atoms with E-state index in [1.54, 1.807) is 30.5 Å². The maximum Gasteiger partial charge on any atom is 0.134 e. The van der Waals surface area contributed by atoms with Crippen LogP contribution in [-0.4, -0.2) is 21.8 Å². The Morgan fingerprint density at radius 3 is 2.61 bits per heavy atom. The minimum absolute atomic E-state index is 0.151. The van der Waals surface area contributed by atoms with Gasteiger partial charge in [0.05, 0.1) is 28.7 Å². The average molecular weight is 407 g/mol. The maximum absolute atomic E-state index is 13.7. The van der Waals surface area contributed by atoms with Crippen molar-refractivity contribution >= 4 is 16.9 Å². The zero-order valence-electron chi connectivity index (χ0n) is 16.7. The van der Waals surface area contributed by atoms with Crippen molar-refractivity contribution in [2.45, 2.75) is 18.5 Å². The van der Waals surface area contributed by atoms with Gasteiger partial charge < -0.3 is 5.32 Å². The second kappa shape index (κ2) is 7.29. The van der Waals surface area contributed by atoms with Crippen LogP contribution >= 0.6 is 0 Å². The zero-order chi connectivity index (χ0) is 21.4. The number of nitrogens with one attached hydrogen (secondary N) is 1. The van der Waals surface area contributed by atoms with Gasteiger partial charge >= 0.3 is 0 Å². The van der Waals surface area contributed by atoms with E-state index in [2.05, 4.69) is 21.4 Å². The van der Waals surface area contributed by atoms with Crippen molar-refractivity contribution in [2.75, 3.05) is 0 Å². The van der Waals surface area contributed by atoms with Crippen molar-refractivity contribution in [1.82, 2.24) is 15.3 Å². The first kappa shape index (κ1) is 18.9. The van der Waals surface area contributed by atoms with E-state index in [4.69, 9.17) is 4.99 Å². The van der Waals surface area contributed by atoms with Crippen LogP contribution in [0, 0.1) is 17.1 Å². The number of aliphatic imine (C=N–C) groups is 1. The molecule has 2 aromatic carbocycles. The predicted molar refractivity (Wildman–Crippen MR) is 117 cm³/mol. The number of hydrogen-bond acceptors (Lipinski definition) is 5. The minimum atomic E-state index is -0.829. The van der Waals surface area contributed by atoms with Gasteiger partial charge in [-0.2, -0.15) is 5.26 Å². The van der Waals surface area contributed by atoms with Gasteiger partial charge in [0.25, 0.3) is 0 Å². The molecule has 5 nitrogen and oxygen atoms in total. The standard InChI is InChI=1S/C25H18FN5/c1-16-25(19-7-9-21(26)10-8-19,20-13-23-22(29-15-20)6-3-11-28-23)31-24(30-16)18-5-2-4-17(12-18)14-27/h2-13,15-16H,1H3,(H,30,31)/t16-,25+/m0/s1. The zero-order valence-corrected chi connectivity index (χ0v) is 16.7. The molecule has 150 valence electrons. The SMILES string of the molecule is C[C@@H]1NC(c2cccc(C#N)c2)=N[C@]1(c1ccc(F)cc1)c1cnc2cccnc2c1. The summed E-state index contributed by atoms with van der Waals surface area (Å²) in [6, 6.07) is 21.5. The van der Waals surface area contributed by atoms with E-state index in [1.165, 1.54) is 12.1 Å². The molecule has 2 aromatic heterocycles. The molecule has 0 bridgehead atoms. The first-order valence-electron chi connectivity index (χ1n) is 9.94. The van der Waals surface area contributed by atoms with Crippen molar-refractivity contribution in [3.8, 4) is 6.07 Å². The quantitative estimate of drug-likeness (QED) is 0.549. The lowest BCUT2D eigenvalue weighted by Crippen LogP contribution is -2.41. The first-order chi connectivity index (χ1) is 15.1. The number of rotatable bonds is 3. The molecule has 0 radical (unpaired) electrons. The molecular weight excluding hydrogens is 389 g/mol. The van der Waals surface area contributed by atoms with Gasteiger partial charge in [-0.15, -0.1) is 0 Å². The van der Waals surface area contributed by atoms with E-state index >= 15 is 0 Å². The Morgan fingerprint density at radius 1 is 0.968 bits per heavy atom. The van der Waals surface area contributed by atoms with Gasteiger partial charge in [-0.3, -0.25) is 9.97 Å². The molecular formula is C25H18FN5. The van der Waals surface area contributed by atoms with Crippen LogP contribution in [-0.2, 0) is 5.54 Å². The maximum atomic E-state index is 13.7. The molecule has 4 aromatic rings. The topological polar surface area (TPSA) is 74.0 Å². The lowest BCUT2D eigenvalue weighted by Gasteiger charge is -2.31. The Hall–Kier alpha value is -4.11. The van der Waals surface area contributed by atoms with Gasteiger partial charge in [0.1, 0.15) is 17.2 Å². The van der Waals surface area contributed by atoms with Crippen LogP contribution in [0.3, 0.4) is 0 Å². The second-order valence-electron chi connectivity index (χ2n) is 7.56. The number of fused-ring (bicyclic) bond motifs is 1. The van der Waals surface area contributed by atoms with Crippen LogP contribution in [0.5, 0.6) is 0 Å². The molecule has 31 heavy (non-hydrogen) atoms. The molecule has 1 aliphatic heterocycles. The van der Waals surface area contributed by atoms with Gasteiger partial charge in [-0.25, -0.2) is 9.38 Å². The second-order valence-corrected chi connectivity index (χ2v) is 7.56. The van der Waals surface area contributed by atoms with Crippen molar-refractivity contribution in [2.24, 2.45) is 4.99 Å². The van der Waals surface area contributed by atoms with Gasteiger partial charge in [-0.1, -0.05) is 24.3 Å². The summed E-state index contributed by atoms with van der Waals surface area (Å²) in [6.07, 6.45) is 3.54. The predicted octanol–water partition coefficient (Wildman–Crippen LogP) is 4.32. The highest BCUT2D eigenvalue weighted by molar-refractivity contribution is 6.01. The molecule has 0 amide bonds. The number of amidine groups is 1. The van der Waals surface area contributed by atoms with Crippen LogP contribution in [0.15, 0.2) is 84.1 Å². The van der Waals surface area contributed by atoms with Gasteiger partial charge in [-0.05, 0) is 55.0 Å². The lowest BCUT2D eigenvalue weighted by molar-refractivity contribution is 0.452. The number of benzene rings is 2. The van der Waals surface area contributed by atoms with Crippen molar-refractivity contribution in [1.29, 1.82) is 5.26 Å². The summed E-state index contributed by atoms with van der Waals surface area (Å²) in [5, 5.41) is 12.8. The van der Waals surface area contributed by atoms with Crippen LogP contribution in [0.4, 0.5) is 4.39 Å². The van der Waals surface area contributed by atoms with E-state index < -0.39 is 5.54 Å². The van der Waals surface area contributed by atoms with Crippen molar-refractivity contribution in [3.63, 3.8) is 0 Å². The molecule has 0 aliphatic carbocycles. The van der Waals surface area contributed by atoms with E-state index in [9.17, 15) is 9.65 Å². The smallest absolute Gasteiger partial charge is 0.134 e. The largest absolute Gasteiger partial charge is 0.364 e. The van der Waals surface area contributed by atoms with Crippen molar-refractivity contribution < 1.29 is 4.39 Å². The normalized spacial score (nSPS) is 20.2. The number of nitriles is 1. The van der Waals surface area contributed by atoms with Crippen molar-refractivity contribution in [3.05, 3.63) is 107 Å². The Kier molecular flexibility index (Phi) is 4.45. The minimum Gasteiger partial charge on any atom is -0.364 e. The highest BCUT2D eigenvalue weighted by Crippen LogP contribution is 2.41. The van der Waals surface area contributed by atoms with E-state index in [-0.39, 0.29) is 11.9 Å². The van der Waals surface area contributed by atoms with E-state index in [1.807, 2.05) is 43.5 Å². The molecule has 0 saturated carbocycles. The molecule has 1 N–H and O–H groups in total. The number of aromatic nitrogens is 2. The van der Waals surface area contributed by atoms with Gasteiger partial charge in [0.2, 0.25) is 0 Å².